The highest BCUT2D eigenvalue weighted by molar-refractivity contribution is 5.47. The van der Waals surface area contributed by atoms with E-state index in [1.54, 1.807) is 0 Å². The van der Waals surface area contributed by atoms with Crippen LogP contribution in [0.15, 0.2) is 0 Å². The normalized spacial score (nSPS) is 10.9. The highest BCUT2D eigenvalue weighted by atomic mass is 16.5. The summed E-state index contributed by atoms with van der Waals surface area (Å²) in [7, 11) is 1.90. The van der Waals surface area contributed by atoms with Crippen molar-refractivity contribution in [2.24, 2.45) is 0 Å². The highest BCUT2D eigenvalue weighted by Crippen LogP contribution is 2.24. The molecule has 0 fully saturated rings. The SMILES string of the molecule is CCOCCc1nc(C)c(C(C)C)c(NC)n1. The molecule has 0 saturated heterocycles. The summed E-state index contributed by atoms with van der Waals surface area (Å²) in [6.07, 6.45) is 0.766. The molecule has 0 radical (unpaired) electrons. The Morgan fingerprint density at radius 2 is 2.00 bits per heavy atom. The van der Waals surface area contributed by atoms with Crippen molar-refractivity contribution in [3.05, 3.63) is 17.1 Å². The topological polar surface area (TPSA) is 47.0 Å². The maximum Gasteiger partial charge on any atom is 0.133 e. The fourth-order valence-corrected chi connectivity index (χ4v) is 1.94. The van der Waals surface area contributed by atoms with Crippen molar-refractivity contribution < 1.29 is 4.74 Å². The van der Waals surface area contributed by atoms with Crippen molar-refractivity contribution in [2.45, 2.75) is 40.0 Å². The fourth-order valence-electron chi connectivity index (χ4n) is 1.94. The van der Waals surface area contributed by atoms with E-state index in [1.807, 2.05) is 20.9 Å². The third-order valence-corrected chi connectivity index (χ3v) is 2.67. The number of ether oxygens (including phenoxy) is 1. The van der Waals surface area contributed by atoms with Gasteiger partial charge in [0.05, 0.1) is 6.61 Å². The van der Waals surface area contributed by atoms with Crippen LogP contribution in [-0.2, 0) is 11.2 Å². The smallest absolute Gasteiger partial charge is 0.133 e. The number of aromatic nitrogens is 2. The van der Waals surface area contributed by atoms with Crippen molar-refractivity contribution in [3.8, 4) is 0 Å². The van der Waals surface area contributed by atoms with Crippen molar-refractivity contribution in [3.63, 3.8) is 0 Å². The van der Waals surface area contributed by atoms with Crippen molar-refractivity contribution >= 4 is 5.82 Å². The Labute approximate surface area is 104 Å². The first-order valence-electron chi connectivity index (χ1n) is 6.23. The molecule has 0 amide bonds. The third kappa shape index (κ3) is 3.66. The van der Waals surface area contributed by atoms with Gasteiger partial charge in [0.2, 0.25) is 0 Å². The molecule has 1 N–H and O–H groups in total. The van der Waals surface area contributed by atoms with Crippen LogP contribution in [0, 0.1) is 6.92 Å². The van der Waals surface area contributed by atoms with Crippen LogP contribution >= 0.6 is 0 Å². The molecule has 0 saturated carbocycles. The Morgan fingerprint density at radius 3 is 2.53 bits per heavy atom. The van der Waals surface area contributed by atoms with Crippen molar-refractivity contribution in [2.75, 3.05) is 25.6 Å². The average Bonchev–Trinajstić information content (AvgIpc) is 2.27. The van der Waals surface area contributed by atoms with Crippen LogP contribution in [0.2, 0.25) is 0 Å². The fraction of sp³-hybridized carbons (Fsp3) is 0.692. The summed E-state index contributed by atoms with van der Waals surface area (Å²) in [4.78, 5) is 9.09. The molecule has 0 aliphatic carbocycles. The lowest BCUT2D eigenvalue weighted by Crippen LogP contribution is -2.10. The van der Waals surface area contributed by atoms with Crippen LogP contribution in [0.25, 0.3) is 0 Å². The summed E-state index contributed by atoms with van der Waals surface area (Å²) in [6.45, 7) is 9.77. The maximum absolute atomic E-state index is 5.33. The highest BCUT2D eigenvalue weighted by Gasteiger charge is 2.13. The minimum atomic E-state index is 0.429. The number of nitrogens with one attached hydrogen (secondary N) is 1. The minimum absolute atomic E-state index is 0.429. The van der Waals surface area contributed by atoms with E-state index in [0.717, 1.165) is 30.4 Å². The lowest BCUT2D eigenvalue weighted by molar-refractivity contribution is 0.149. The van der Waals surface area contributed by atoms with Gasteiger partial charge < -0.3 is 10.1 Å². The molecule has 0 atom stereocenters. The Bertz CT molecular complexity index is 364. The van der Waals surface area contributed by atoms with Gasteiger partial charge in [0, 0.05) is 31.3 Å². The van der Waals surface area contributed by atoms with Gasteiger partial charge >= 0.3 is 0 Å². The van der Waals surface area contributed by atoms with Crippen LogP contribution in [0.3, 0.4) is 0 Å². The standard InChI is InChI=1S/C13H23N3O/c1-6-17-8-7-11-15-10(4)12(9(2)3)13(14-5)16-11/h9H,6-8H2,1-5H3,(H,14,15,16). The van der Waals surface area contributed by atoms with E-state index in [2.05, 4.69) is 29.1 Å². The molecule has 4 heteroatoms. The van der Waals surface area contributed by atoms with Gasteiger partial charge in [-0.1, -0.05) is 13.8 Å². The monoisotopic (exact) mass is 237 g/mol. The molecular weight excluding hydrogens is 214 g/mol. The Morgan fingerprint density at radius 1 is 1.29 bits per heavy atom. The van der Waals surface area contributed by atoms with Crippen molar-refractivity contribution in [1.29, 1.82) is 0 Å². The van der Waals surface area contributed by atoms with Crippen LogP contribution < -0.4 is 5.32 Å². The second-order valence-corrected chi connectivity index (χ2v) is 4.34. The van der Waals surface area contributed by atoms with Crippen molar-refractivity contribution in [1.82, 2.24) is 9.97 Å². The molecule has 17 heavy (non-hydrogen) atoms. The third-order valence-electron chi connectivity index (χ3n) is 2.67. The summed E-state index contributed by atoms with van der Waals surface area (Å²) in [6, 6.07) is 0. The molecule has 0 aromatic carbocycles. The van der Waals surface area contributed by atoms with E-state index >= 15 is 0 Å². The number of rotatable bonds is 6. The van der Waals surface area contributed by atoms with Crippen LogP contribution in [0.4, 0.5) is 5.82 Å². The van der Waals surface area contributed by atoms with Gasteiger partial charge in [0.25, 0.3) is 0 Å². The number of hydrogen-bond donors (Lipinski definition) is 1. The van der Waals surface area contributed by atoms with E-state index in [-0.39, 0.29) is 0 Å². The van der Waals surface area contributed by atoms with Crippen LogP contribution in [-0.4, -0.2) is 30.2 Å². The van der Waals surface area contributed by atoms with Crippen LogP contribution in [0.5, 0.6) is 0 Å². The predicted octanol–water partition coefficient (Wildman–Crippen LogP) is 2.53. The van der Waals surface area contributed by atoms with Crippen LogP contribution in [0.1, 0.15) is 43.8 Å². The largest absolute Gasteiger partial charge is 0.381 e. The first-order valence-corrected chi connectivity index (χ1v) is 6.23. The van der Waals surface area contributed by atoms with Gasteiger partial charge in [-0.2, -0.15) is 0 Å². The van der Waals surface area contributed by atoms with Gasteiger partial charge in [-0.3, -0.25) is 0 Å². The molecule has 0 aliphatic heterocycles. The molecule has 1 rings (SSSR count). The Hall–Kier alpha value is -1.16. The van der Waals surface area contributed by atoms with Gasteiger partial charge in [-0.15, -0.1) is 0 Å². The molecular formula is C13H23N3O. The zero-order chi connectivity index (χ0) is 12.8. The maximum atomic E-state index is 5.33. The number of nitrogens with zero attached hydrogens (tertiary/aromatic N) is 2. The summed E-state index contributed by atoms with van der Waals surface area (Å²) < 4.78 is 5.33. The Kier molecular flexibility index (Phi) is 5.35. The lowest BCUT2D eigenvalue weighted by atomic mass is 10.0. The van der Waals surface area contributed by atoms with E-state index in [0.29, 0.717) is 12.5 Å². The summed E-state index contributed by atoms with van der Waals surface area (Å²) >= 11 is 0. The van der Waals surface area contributed by atoms with E-state index in [9.17, 15) is 0 Å². The van der Waals surface area contributed by atoms with E-state index in [4.69, 9.17) is 4.74 Å². The van der Waals surface area contributed by atoms with E-state index in [1.165, 1.54) is 5.56 Å². The predicted molar refractivity (Wildman–Crippen MR) is 70.6 cm³/mol. The quantitative estimate of drug-likeness (QED) is 0.772. The Balaban J connectivity index is 2.92. The lowest BCUT2D eigenvalue weighted by Gasteiger charge is -2.15. The molecule has 0 spiro atoms. The number of aryl methyl sites for hydroxylation is 1. The second-order valence-electron chi connectivity index (χ2n) is 4.34. The molecule has 1 heterocycles. The zero-order valence-electron chi connectivity index (χ0n) is 11.5. The zero-order valence-corrected chi connectivity index (χ0v) is 11.5. The molecule has 0 unspecified atom stereocenters. The summed E-state index contributed by atoms with van der Waals surface area (Å²) in [5, 5.41) is 3.16. The number of anilines is 1. The number of hydrogen-bond acceptors (Lipinski definition) is 4. The molecule has 96 valence electrons. The second kappa shape index (κ2) is 6.55. The minimum Gasteiger partial charge on any atom is -0.381 e. The average molecular weight is 237 g/mol. The van der Waals surface area contributed by atoms with Gasteiger partial charge in [-0.05, 0) is 19.8 Å². The van der Waals surface area contributed by atoms with Gasteiger partial charge in [-0.25, -0.2) is 9.97 Å². The van der Waals surface area contributed by atoms with Gasteiger partial charge in [0.15, 0.2) is 0 Å². The molecule has 4 nitrogen and oxygen atoms in total. The molecule has 0 aliphatic rings. The first-order chi connectivity index (χ1) is 8.10. The summed E-state index contributed by atoms with van der Waals surface area (Å²) in [5.41, 5.74) is 2.26. The first kappa shape index (κ1) is 13.9. The molecule has 0 bridgehead atoms. The molecule has 1 aromatic heterocycles. The van der Waals surface area contributed by atoms with Gasteiger partial charge in [0.1, 0.15) is 11.6 Å². The van der Waals surface area contributed by atoms with E-state index < -0.39 is 0 Å². The summed E-state index contributed by atoms with van der Waals surface area (Å²) in [5.74, 6) is 2.22. The molecule has 1 aromatic rings.